The van der Waals surface area contributed by atoms with Crippen LogP contribution >= 0.6 is 27.3 Å². The number of para-hydroxylation sites is 1. The molecule has 18 heavy (non-hydrogen) atoms. The largest absolute Gasteiger partial charge is 0.365 e. The van der Waals surface area contributed by atoms with Gasteiger partial charge in [0.05, 0.1) is 22.8 Å². The van der Waals surface area contributed by atoms with Crippen molar-refractivity contribution in [3.63, 3.8) is 0 Å². The first-order valence-electron chi connectivity index (χ1n) is 5.71. The van der Waals surface area contributed by atoms with Crippen molar-refractivity contribution in [2.75, 3.05) is 11.4 Å². The Kier molecular flexibility index (Phi) is 4.80. The van der Waals surface area contributed by atoms with Gasteiger partial charge in [-0.05, 0) is 40.2 Å². The van der Waals surface area contributed by atoms with Crippen LogP contribution in [0.5, 0.6) is 0 Å². The lowest BCUT2D eigenvalue weighted by molar-refractivity contribution is 0.806. The molecule has 0 N–H and O–H groups in total. The molecule has 0 aliphatic heterocycles. The minimum absolute atomic E-state index is 0.543. The average Bonchev–Trinajstić information content (AvgIpc) is 2.81. The summed E-state index contributed by atoms with van der Waals surface area (Å²) in [6, 6.07) is 16.6. The zero-order chi connectivity index (χ0) is 12.8. The van der Waals surface area contributed by atoms with E-state index in [0.29, 0.717) is 6.42 Å². The van der Waals surface area contributed by atoms with E-state index in [1.54, 1.807) is 11.3 Å². The van der Waals surface area contributed by atoms with E-state index in [9.17, 15) is 0 Å². The van der Waals surface area contributed by atoms with Gasteiger partial charge in [-0.25, -0.2) is 0 Å². The minimum atomic E-state index is 0.543. The molecule has 1 heterocycles. The summed E-state index contributed by atoms with van der Waals surface area (Å²) in [7, 11) is 0. The van der Waals surface area contributed by atoms with E-state index < -0.39 is 0 Å². The monoisotopic (exact) mass is 320 g/mol. The molecule has 0 saturated heterocycles. The molecule has 2 aromatic rings. The SMILES string of the molecule is N#CCCN(Cc1ccc(Br)s1)c1ccccc1. The van der Waals surface area contributed by atoms with E-state index in [2.05, 4.69) is 51.2 Å². The van der Waals surface area contributed by atoms with Crippen LogP contribution in [-0.4, -0.2) is 6.54 Å². The Morgan fingerprint density at radius 2 is 1.94 bits per heavy atom. The highest BCUT2D eigenvalue weighted by atomic mass is 79.9. The molecule has 0 bridgehead atoms. The summed E-state index contributed by atoms with van der Waals surface area (Å²) >= 11 is 5.21. The smallest absolute Gasteiger partial charge is 0.0702 e. The van der Waals surface area contributed by atoms with Crippen LogP contribution < -0.4 is 4.90 Å². The molecule has 0 amide bonds. The van der Waals surface area contributed by atoms with Gasteiger partial charge in [-0.2, -0.15) is 5.26 Å². The predicted molar refractivity (Wildman–Crippen MR) is 79.7 cm³/mol. The number of benzene rings is 1. The van der Waals surface area contributed by atoms with Crippen LogP contribution in [0.15, 0.2) is 46.3 Å². The quantitative estimate of drug-likeness (QED) is 0.814. The maximum absolute atomic E-state index is 8.75. The van der Waals surface area contributed by atoms with Crippen LogP contribution in [0.4, 0.5) is 5.69 Å². The van der Waals surface area contributed by atoms with Crippen LogP contribution in [0.2, 0.25) is 0 Å². The Morgan fingerprint density at radius 3 is 2.56 bits per heavy atom. The molecule has 0 saturated carbocycles. The molecule has 4 heteroatoms. The summed E-state index contributed by atoms with van der Waals surface area (Å²) in [5.74, 6) is 0. The van der Waals surface area contributed by atoms with Gasteiger partial charge in [0.25, 0.3) is 0 Å². The number of hydrogen-bond acceptors (Lipinski definition) is 3. The Balaban J connectivity index is 2.13. The second kappa shape index (κ2) is 6.58. The molecular weight excluding hydrogens is 308 g/mol. The maximum Gasteiger partial charge on any atom is 0.0702 e. The lowest BCUT2D eigenvalue weighted by Crippen LogP contribution is -2.23. The average molecular weight is 321 g/mol. The number of halogens is 1. The highest BCUT2D eigenvalue weighted by Gasteiger charge is 2.08. The molecule has 1 aromatic heterocycles. The standard InChI is InChI=1S/C14H13BrN2S/c15-14-8-7-13(18-14)11-17(10-4-9-16)12-5-2-1-3-6-12/h1-3,5-8H,4,10-11H2. The van der Waals surface area contributed by atoms with E-state index in [0.717, 1.165) is 22.6 Å². The fourth-order valence-corrected chi connectivity index (χ4v) is 3.25. The van der Waals surface area contributed by atoms with Crippen molar-refractivity contribution in [1.29, 1.82) is 5.26 Å². The number of thiophene rings is 1. The maximum atomic E-state index is 8.75. The molecule has 0 aliphatic rings. The molecule has 92 valence electrons. The Hall–Kier alpha value is -1.31. The third-order valence-electron chi connectivity index (χ3n) is 2.59. The molecule has 2 nitrogen and oxygen atoms in total. The first-order valence-corrected chi connectivity index (χ1v) is 7.31. The van der Waals surface area contributed by atoms with Crippen molar-refractivity contribution in [2.24, 2.45) is 0 Å². The Bertz CT molecular complexity index is 530. The third kappa shape index (κ3) is 3.59. The predicted octanol–water partition coefficient (Wildman–Crippen LogP) is 4.43. The highest BCUT2D eigenvalue weighted by molar-refractivity contribution is 9.11. The molecule has 2 rings (SSSR count). The van der Waals surface area contributed by atoms with E-state index in [-0.39, 0.29) is 0 Å². The summed E-state index contributed by atoms with van der Waals surface area (Å²) in [4.78, 5) is 3.53. The Labute approximate surface area is 120 Å². The van der Waals surface area contributed by atoms with Gasteiger partial charge < -0.3 is 4.90 Å². The molecule has 1 aromatic carbocycles. The van der Waals surface area contributed by atoms with Crippen LogP contribution in [0.1, 0.15) is 11.3 Å². The normalized spacial score (nSPS) is 10.0. The summed E-state index contributed by atoms with van der Waals surface area (Å²) in [6.07, 6.45) is 0.543. The number of nitrogens with zero attached hydrogens (tertiary/aromatic N) is 2. The van der Waals surface area contributed by atoms with Gasteiger partial charge in [0, 0.05) is 17.1 Å². The molecule has 0 radical (unpaired) electrons. The topological polar surface area (TPSA) is 27.0 Å². The van der Waals surface area contributed by atoms with Crippen molar-refractivity contribution in [3.8, 4) is 6.07 Å². The number of rotatable bonds is 5. The van der Waals surface area contributed by atoms with Crippen molar-refractivity contribution in [2.45, 2.75) is 13.0 Å². The number of anilines is 1. The van der Waals surface area contributed by atoms with Crippen molar-refractivity contribution in [3.05, 3.63) is 51.1 Å². The zero-order valence-electron chi connectivity index (χ0n) is 9.84. The molecular formula is C14H13BrN2S. The van der Waals surface area contributed by atoms with Gasteiger partial charge in [0.15, 0.2) is 0 Å². The fraction of sp³-hybridized carbons (Fsp3) is 0.214. The summed E-state index contributed by atoms with van der Waals surface area (Å²) in [5.41, 5.74) is 1.16. The first kappa shape index (κ1) is 13.1. The van der Waals surface area contributed by atoms with Crippen molar-refractivity contribution < 1.29 is 0 Å². The van der Waals surface area contributed by atoms with Gasteiger partial charge in [-0.1, -0.05) is 18.2 Å². The van der Waals surface area contributed by atoms with Crippen molar-refractivity contribution >= 4 is 33.0 Å². The molecule has 0 unspecified atom stereocenters. The van der Waals surface area contributed by atoms with Gasteiger partial charge in [-0.3, -0.25) is 0 Å². The van der Waals surface area contributed by atoms with E-state index in [4.69, 9.17) is 5.26 Å². The van der Waals surface area contributed by atoms with Gasteiger partial charge in [0.2, 0.25) is 0 Å². The van der Waals surface area contributed by atoms with Crippen LogP contribution in [0.25, 0.3) is 0 Å². The second-order valence-electron chi connectivity index (χ2n) is 3.87. The second-order valence-corrected chi connectivity index (χ2v) is 6.42. The molecule has 0 atom stereocenters. The minimum Gasteiger partial charge on any atom is -0.365 e. The fourth-order valence-electron chi connectivity index (χ4n) is 1.75. The first-order chi connectivity index (χ1) is 8.79. The molecule has 0 spiro atoms. The van der Waals surface area contributed by atoms with Crippen molar-refractivity contribution in [1.82, 2.24) is 0 Å². The number of hydrogen-bond donors (Lipinski definition) is 0. The zero-order valence-corrected chi connectivity index (χ0v) is 12.2. The third-order valence-corrected chi connectivity index (χ3v) is 4.20. The lowest BCUT2D eigenvalue weighted by atomic mass is 10.2. The van der Waals surface area contributed by atoms with Gasteiger partial charge in [0.1, 0.15) is 0 Å². The van der Waals surface area contributed by atoms with Gasteiger partial charge >= 0.3 is 0 Å². The lowest BCUT2D eigenvalue weighted by Gasteiger charge is -2.23. The van der Waals surface area contributed by atoms with E-state index in [1.165, 1.54) is 4.88 Å². The van der Waals surface area contributed by atoms with Crippen LogP contribution in [0, 0.1) is 11.3 Å². The van der Waals surface area contributed by atoms with Crippen LogP contribution in [0.3, 0.4) is 0 Å². The van der Waals surface area contributed by atoms with E-state index >= 15 is 0 Å². The highest BCUT2D eigenvalue weighted by Crippen LogP contribution is 2.25. The Morgan fingerprint density at radius 1 is 1.17 bits per heavy atom. The summed E-state index contributed by atoms with van der Waals surface area (Å²) < 4.78 is 1.14. The number of nitriles is 1. The molecule has 0 aliphatic carbocycles. The van der Waals surface area contributed by atoms with E-state index in [1.807, 2.05) is 18.2 Å². The summed E-state index contributed by atoms with van der Waals surface area (Å²) in [5, 5.41) is 8.75. The molecule has 0 fully saturated rings. The summed E-state index contributed by atoms with van der Waals surface area (Å²) in [6.45, 7) is 1.61. The van der Waals surface area contributed by atoms with Crippen LogP contribution in [-0.2, 0) is 6.54 Å². The van der Waals surface area contributed by atoms with Gasteiger partial charge in [-0.15, -0.1) is 11.3 Å².